The van der Waals surface area contributed by atoms with E-state index in [1.165, 1.54) is 0 Å². The third-order valence-electron chi connectivity index (χ3n) is 4.16. The van der Waals surface area contributed by atoms with Crippen molar-refractivity contribution in [3.63, 3.8) is 0 Å². The van der Waals surface area contributed by atoms with E-state index in [2.05, 4.69) is 17.4 Å². The summed E-state index contributed by atoms with van der Waals surface area (Å²) in [7, 11) is 1.65. The van der Waals surface area contributed by atoms with Gasteiger partial charge in [-0.1, -0.05) is 42.5 Å². The number of methoxy groups -OCH3 is 1. The van der Waals surface area contributed by atoms with Crippen molar-refractivity contribution in [3.05, 3.63) is 71.8 Å². The van der Waals surface area contributed by atoms with Gasteiger partial charge in [0.05, 0.1) is 7.11 Å². The first-order valence-corrected chi connectivity index (χ1v) is 8.43. The Hall–Kier alpha value is -2.76. The molecular weight excluding hydrogens is 364 g/mol. The van der Waals surface area contributed by atoms with Gasteiger partial charge in [0.2, 0.25) is 0 Å². The zero-order valence-corrected chi connectivity index (χ0v) is 15.9. The van der Waals surface area contributed by atoms with E-state index in [1.807, 2.05) is 48.5 Å². The Labute approximate surface area is 164 Å². The summed E-state index contributed by atoms with van der Waals surface area (Å²) in [6, 6.07) is 19.9. The maximum Gasteiger partial charge on any atom is 0.255 e. The topological polar surface area (TPSA) is 73.6 Å². The van der Waals surface area contributed by atoms with Crippen LogP contribution in [0.5, 0.6) is 11.5 Å². The van der Waals surface area contributed by atoms with Gasteiger partial charge in [0.1, 0.15) is 11.5 Å². The maximum absolute atomic E-state index is 11.1. The van der Waals surface area contributed by atoms with Gasteiger partial charge in [0.25, 0.3) is 5.91 Å². The van der Waals surface area contributed by atoms with Crippen LogP contribution in [0.3, 0.4) is 0 Å². The second-order valence-corrected chi connectivity index (χ2v) is 5.97. The number of hydrogen-bond donors (Lipinski definition) is 2. The van der Waals surface area contributed by atoms with Crippen LogP contribution in [0.25, 0.3) is 10.8 Å². The lowest BCUT2D eigenvalue weighted by molar-refractivity contribution is -0.119. The average molecular weight is 387 g/mol. The van der Waals surface area contributed by atoms with Gasteiger partial charge in [0, 0.05) is 18.7 Å². The molecule has 0 unspecified atom stereocenters. The van der Waals surface area contributed by atoms with E-state index < -0.39 is 5.91 Å². The molecule has 27 heavy (non-hydrogen) atoms. The molecule has 142 valence electrons. The Kier molecular flexibility index (Phi) is 7.46. The van der Waals surface area contributed by atoms with Crippen molar-refractivity contribution in [2.75, 3.05) is 13.7 Å². The number of hydrogen-bond acceptors (Lipinski definition) is 4. The van der Waals surface area contributed by atoms with Crippen LogP contribution < -0.4 is 20.5 Å². The van der Waals surface area contributed by atoms with Crippen LogP contribution in [0.15, 0.2) is 60.7 Å². The van der Waals surface area contributed by atoms with E-state index in [-0.39, 0.29) is 19.0 Å². The van der Waals surface area contributed by atoms with Crippen molar-refractivity contribution in [2.45, 2.75) is 13.1 Å². The molecule has 0 saturated heterocycles. The van der Waals surface area contributed by atoms with Crippen LogP contribution in [0, 0.1) is 0 Å². The highest BCUT2D eigenvalue weighted by Gasteiger charge is 2.10. The zero-order valence-electron chi connectivity index (χ0n) is 15.1. The molecule has 3 aromatic rings. The number of primary amides is 1. The van der Waals surface area contributed by atoms with Crippen molar-refractivity contribution < 1.29 is 14.3 Å². The number of amides is 1. The molecule has 0 spiro atoms. The first-order chi connectivity index (χ1) is 12.7. The van der Waals surface area contributed by atoms with Crippen molar-refractivity contribution in [2.24, 2.45) is 5.73 Å². The molecular formula is C21H23ClN2O3. The lowest BCUT2D eigenvalue weighted by Crippen LogP contribution is -2.21. The summed E-state index contributed by atoms with van der Waals surface area (Å²) in [5.74, 6) is 1.02. The van der Waals surface area contributed by atoms with E-state index in [0.717, 1.165) is 27.6 Å². The number of halogens is 1. The SMILES string of the molecule is COc1ccc(CNCc2c(OCC(N)=O)ccc3ccccc23)cc1.Cl. The van der Waals surface area contributed by atoms with E-state index >= 15 is 0 Å². The number of carbonyl (C=O) groups is 1. The Morgan fingerprint density at radius 3 is 2.44 bits per heavy atom. The van der Waals surface area contributed by atoms with E-state index in [4.69, 9.17) is 15.2 Å². The summed E-state index contributed by atoms with van der Waals surface area (Å²) in [6.07, 6.45) is 0. The molecule has 0 aliphatic carbocycles. The summed E-state index contributed by atoms with van der Waals surface area (Å²) in [6.45, 7) is 1.19. The maximum atomic E-state index is 11.1. The van der Waals surface area contributed by atoms with Gasteiger partial charge >= 0.3 is 0 Å². The van der Waals surface area contributed by atoms with Crippen molar-refractivity contribution in [3.8, 4) is 11.5 Å². The quantitative estimate of drug-likeness (QED) is 0.622. The van der Waals surface area contributed by atoms with E-state index in [9.17, 15) is 4.79 Å². The predicted octanol–water partition coefficient (Wildman–Crippen LogP) is 3.42. The third-order valence-corrected chi connectivity index (χ3v) is 4.16. The summed E-state index contributed by atoms with van der Waals surface area (Å²) in [5.41, 5.74) is 7.38. The number of nitrogens with one attached hydrogen (secondary N) is 1. The number of ether oxygens (including phenoxy) is 2. The fraction of sp³-hybridized carbons (Fsp3) is 0.190. The van der Waals surface area contributed by atoms with Crippen LogP contribution in [-0.4, -0.2) is 19.6 Å². The molecule has 3 aromatic carbocycles. The van der Waals surface area contributed by atoms with Gasteiger partial charge in [0.15, 0.2) is 6.61 Å². The molecule has 5 nitrogen and oxygen atoms in total. The summed E-state index contributed by atoms with van der Waals surface area (Å²) >= 11 is 0. The van der Waals surface area contributed by atoms with Gasteiger partial charge in [-0.2, -0.15) is 0 Å². The minimum absolute atomic E-state index is 0. The number of carbonyl (C=O) groups excluding carboxylic acids is 1. The molecule has 0 radical (unpaired) electrons. The van der Waals surface area contributed by atoms with Crippen molar-refractivity contribution >= 4 is 29.1 Å². The standard InChI is InChI=1S/C21H22N2O3.ClH/c1-25-17-9-6-15(7-10-17)12-23-13-19-18-5-3-2-4-16(18)8-11-20(19)26-14-21(22)24;/h2-11,23H,12-14H2,1H3,(H2,22,24);1H. The summed E-state index contributed by atoms with van der Waals surface area (Å²) in [4.78, 5) is 11.1. The second kappa shape index (κ2) is 9.80. The number of fused-ring (bicyclic) bond motifs is 1. The molecule has 1 amide bonds. The van der Waals surface area contributed by atoms with Gasteiger partial charge in [-0.3, -0.25) is 4.79 Å². The molecule has 0 heterocycles. The van der Waals surface area contributed by atoms with Crippen LogP contribution in [-0.2, 0) is 17.9 Å². The van der Waals surface area contributed by atoms with Gasteiger partial charge in [-0.05, 0) is 34.5 Å². The average Bonchev–Trinajstić information content (AvgIpc) is 2.67. The Morgan fingerprint density at radius 2 is 1.74 bits per heavy atom. The highest BCUT2D eigenvalue weighted by molar-refractivity contribution is 5.88. The van der Waals surface area contributed by atoms with E-state index in [0.29, 0.717) is 18.8 Å². The van der Waals surface area contributed by atoms with Gasteiger partial charge in [-0.15, -0.1) is 12.4 Å². The number of nitrogens with two attached hydrogens (primary N) is 1. The molecule has 0 aliphatic rings. The smallest absolute Gasteiger partial charge is 0.255 e. The number of benzene rings is 3. The van der Waals surface area contributed by atoms with Gasteiger partial charge < -0.3 is 20.5 Å². The second-order valence-electron chi connectivity index (χ2n) is 5.97. The largest absolute Gasteiger partial charge is 0.497 e. The third kappa shape index (κ3) is 5.36. The van der Waals surface area contributed by atoms with Crippen LogP contribution in [0.1, 0.15) is 11.1 Å². The Bertz CT molecular complexity index is 898. The molecule has 3 N–H and O–H groups in total. The van der Waals surface area contributed by atoms with Crippen LogP contribution in [0.4, 0.5) is 0 Å². The lowest BCUT2D eigenvalue weighted by atomic mass is 10.0. The lowest BCUT2D eigenvalue weighted by Gasteiger charge is -2.14. The van der Waals surface area contributed by atoms with Crippen molar-refractivity contribution in [1.29, 1.82) is 0 Å². The molecule has 0 aromatic heterocycles. The first-order valence-electron chi connectivity index (χ1n) is 8.43. The highest BCUT2D eigenvalue weighted by Crippen LogP contribution is 2.28. The summed E-state index contributed by atoms with van der Waals surface area (Å²) < 4.78 is 10.8. The molecule has 0 fully saturated rings. The molecule has 0 aliphatic heterocycles. The molecule has 3 rings (SSSR count). The fourth-order valence-electron chi connectivity index (χ4n) is 2.86. The minimum atomic E-state index is -0.490. The predicted molar refractivity (Wildman–Crippen MR) is 109 cm³/mol. The molecule has 6 heteroatoms. The number of rotatable bonds is 8. The van der Waals surface area contributed by atoms with Gasteiger partial charge in [-0.25, -0.2) is 0 Å². The first kappa shape index (κ1) is 20.6. The Morgan fingerprint density at radius 1 is 1.00 bits per heavy atom. The zero-order chi connectivity index (χ0) is 18.4. The highest BCUT2D eigenvalue weighted by atomic mass is 35.5. The van der Waals surface area contributed by atoms with Crippen LogP contribution in [0.2, 0.25) is 0 Å². The molecule has 0 saturated carbocycles. The fourth-order valence-corrected chi connectivity index (χ4v) is 2.86. The van der Waals surface area contributed by atoms with E-state index in [1.54, 1.807) is 7.11 Å². The van der Waals surface area contributed by atoms with Crippen molar-refractivity contribution in [1.82, 2.24) is 5.32 Å². The summed E-state index contributed by atoms with van der Waals surface area (Å²) in [5, 5.41) is 5.66. The Balaban J connectivity index is 0.00000261. The minimum Gasteiger partial charge on any atom is -0.497 e. The van der Waals surface area contributed by atoms with Crippen LogP contribution >= 0.6 is 12.4 Å². The monoisotopic (exact) mass is 386 g/mol. The molecule has 0 atom stereocenters. The molecule has 0 bridgehead atoms. The normalized spacial score (nSPS) is 10.3.